The number of carboxylic acid groups (broad SMARTS) is 1. The summed E-state index contributed by atoms with van der Waals surface area (Å²) in [6.07, 6.45) is 2.37. The molecule has 1 heterocycles. The highest BCUT2D eigenvalue weighted by molar-refractivity contribution is 6.35. The third-order valence-electron chi connectivity index (χ3n) is 3.63. The number of hydrogen-bond acceptors (Lipinski definition) is 3. The van der Waals surface area contributed by atoms with Crippen LogP contribution in [0.1, 0.15) is 25.7 Å². The molecule has 120 valence electrons. The molecule has 1 saturated heterocycles. The molecule has 1 aliphatic rings. The normalized spacial score (nSPS) is 18.4. The van der Waals surface area contributed by atoms with E-state index in [2.05, 4.69) is 5.32 Å². The molecule has 0 saturated carbocycles. The van der Waals surface area contributed by atoms with Gasteiger partial charge in [-0.05, 0) is 50.6 Å². The lowest BCUT2D eigenvalue weighted by Gasteiger charge is -2.23. The van der Waals surface area contributed by atoms with Gasteiger partial charge in [-0.3, -0.25) is 14.5 Å². The van der Waals surface area contributed by atoms with Crippen molar-refractivity contribution in [2.24, 2.45) is 0 Å². The number of benzene rings is 1. The van der Waals surface area contributed by atoms with E-state index in [1.54, 1.807) is 18.2 Å². The fraction of sp³-hybridized carbons (Fsp3) is 0.467. The van der Waals surface area contributed by atoms with Crippen LogP contribution in [-0.2, 0) is 9.59 Å². The van der Waals surface area contributed by atoms with Crippen molar-refractivity contribution >= 4 is 40.8 Å². The topological polar surface area (TPSA) is 69.6 Å². The number of likely N-dealkylation sites (tertiary alicyclic amines) is 1. The predicted molar refractivity (Wildman–Crippen MR) is 86.6 cm³/mol. The predicted octanol–water partition coefficient (Wildman–Crippen LogP) is 3.26. The van der Waals surface area contributed by atoms with E-state index in [9.17, 15) is 9.59 Å². The monoisotopic (exact) mass is 344 g/mol. The third kappa shape index (κ3) is 4.87. The van der Waals surface area contributed by atoms with E-state index in [0.717, 1.165) is 19.4 Å². The molecule has 0 aromatic heterocycles. The Kier molecular flexibility index (Phi) is 6.06. The first kappa shape index (κ1) is 17.1. The van der Waals surface area contributed by atoms with E-state index in [1.807, 2.05) is 4.90 Å². The molecule has 1 aromatic rings. The molecule has 0 bridgehead atoms. The molecule has 1 aromatic carbocycles. The van der Waals surface area contributed by atoms with Crippen LogP contribution in [0.4, 0.5) is 5.69 Å². The molecule has 1 aliphatic heterocycles. The van der Waals surface area contributed by atoms with Gasteiger partial charge in [-0.15, -0.1) is 0 Å². The Morgan fingerprint density at radius 2 is 1.95 bits per heavy atom. The lowest BCUT2D eigenvalue weighted by Crippen LogP contribution is -2.40. The minimum absolute atomic E-state index is 0.105. The molecule has 1 amide bonds. The van der Waals surface area contributed by atoms with Gasteiger partial charge in [0.2, 0.25) is 5.91 Å². The van der Waals surface area contributed by atoms with Crippen molar-refractivity contribution in [3.63, 3.8) is 0 Å². The molecular formula is C15H18Cl2N2O3. The SMILES string of the molecule is O=C(O)CCCN1CCCC1C(=O)Nc1cc(Cl)cc(Cl)c1. The molecule has 0 aliphatic carbocycles. The van der Waals surface area contributed by atoms with Gasteiger partial charge >= 0.3 is 5.97 Å². The summed E-state index contributed by atoms with van der Waals surface area (Å²) in [5, 5.41) is 12.4. The molecule has 5 nitrogen and oxygen atoms in total. The van der Waals surface area contributed by atoms with Crippen molar-refractivity contribution in [1.29, 1.82) is 0 Å². The molecule has 1 fully saturated rings. The standard InChI is InChI=1S/C15H18Cl2N2O3/c16-10-7-11(17)9-12(8-10)18-15(22)13-3-1-5-19(13)6-2-4-14(20)21/h7-9,13H,1-6H2,(H,18,22)(H,20,21). The van der Waals surface area contributed by atoms with Gasteiger partial charge in [0.1, 0.15) is 0 Å². The Balaban J connectivity index is 1.94. The number of amides is 1. The van der Waals surface area contributed by atoms with Crippen LogP contribution < -0.4 is 5.32 Å². The van der Waals surface area contributed by atoms with Crippen LogP contribution in [0, 0.1) is 0 Å². The highest BCUT2D eigenvalue weighted by Gasteiger charge is 2.30. The zero-order chi connectivity index (χ0) is 16.1. The maximum Gasteiger partial charge on any atom is 0.303 e. The van der Waals surface area contributed by atoms with E-state index < -0.39 is 5.97 Å². The third-order valence-corrected chi connectivity index (χ3v) is 4.07. The quantitative estimate of drug-likeness (QED) is 0.830. The summed E-state index contributed by atoms with van der Waals surface area (Å²) in [6, 6.07) is 4.67. The second kappa shape index (κ2) is 7.81. The number of rotatable bonds is 6. The van der Waals surface area contributed by atoms with Crippen molar-refractivity contribution in [1.82, 2.24) is 4.90 Å². The van der Waals surface area contributed by atoms with Gasteiger partial charge in [0.05, 0.1) is 6.04 Å². The van der Waals surface area contributed by atoms with E-state index in [4.69, 9.17) is 28.3 Å². The largest absolute Gasteiger partial charge is 0.481 e. The number of nitrogens with zero attached hydrogens (tertiary/aromatic N) is 1. The summed E-state index contributed by atoms with van der Waals surface area (Å²) in [7, 11) is 0. The number of halogens is 2. The summed E-state index contributed by atoms with van der Waals surface area (Å²) in [5.41, 5.74) is 0.569. The van der Waals surface area contributed by atoms with Crippen molar-refractivity contribution in [2.45, 2.75) is 31.7 Å². The maximum absolute atomic E-state index is 12.4. The zero-order valence-corrected chi connectivity index (χ0v) is 13.5. The van der Waals surface area contributed by atoms with Gasteiger partial charge in [-0.25, -0.2) is 0 Å². The Morgan fingerprint density at radius 1 is 1.27 bits per heavy atom. The van der Waals surface area contributed by atoms with Crippen molar-refractivity contribution in [3.05, 3.63) is 28.2 Å². The van der Waals surface area contributed by atoms with Crippen LogP contribution in [0.15, 0.2) is 18.2 Å². The summed E-state index contributed by atoms with van der Waals surface area (Å²) in [5.74, 6) is -0.917. The fourth-order valence-electron chi connectivity index (χ4n) is 2.68. The molecule has 0 spiro atoms. The van der Waals surface area contributed by atoms with Crippen LogP contribution in [0.25, 0.3) is 0 Å². The minimum Gasteiger partial charge on any atom is -0.481 e. The molecule has 1 atom stereocenters. The number of hydrogen-bond donors (Lipinski definition) is 2. The molecule has 2 N–H and O–H groups in total. The number of aliphatic carboxylic acids is 1. The van der Waals surface area contributed by atoms with Crippen LogP contribution >= 0.6 is 23.2 Å². The summed E-state index contributed by atoms with van der Waals surface area (Å²) < 4.78 is 0. The van der Waals surface area contributed by atoms with Gasteiger partial charge in [-0.2, -0.15) is 0 Å². The molecule has 7 heteroatoms. The minimum atomic E-state index is -0.811. The fourth-order valence-corrected chi connectivity index (χ4v) is 3.20. The van der Waals surface area contributed by atoms with E-state index in [0.29, 0.717) is 28.7 Å². The van der Waals surface area contributed by atoms with Gasteiger partial charge in [0.15, 0.2) is 0 Å². The summed E-state index contributed by atoms with van der Waals surface area (Å²) in [4.78, 5) is 25.0. The summed E-state index contributed by atoms with van der Waals surface area (Å²) >= 11 is 11.8. The van der Waals surface area contributed by atoms with Crippen LogP contribution in [0.2, 0.25) is 10.0 Å². The second-order valence-corrected chi connectivity index (χ2v) is 6.21. The first-order chi connectivity index (χ1) is 10.5. The second-order valence-electron chi connectivity index (χ2n) is 5.34. The van der Waals surface area contributed by atoms with E-state index in [1.165, 1.54) is 0 Å². The average molecular weight is 345 g/mol. The zero-order valence-electron chi connectivity index (χ0n) is 12.0. The first-order valence-corrected chi connectivity index (χ1v) is 7.94. The molecule has 2 rings (SSSR count). The van der Waals surface area contributed by atoms with Crippen LogP contribution in [0.5, 0.6) is 0 Å². The Hall–Kier alpha value is -1.30. The molecule has 1 unspecified atom stereocenters. The van der Waals surface area contributed by atoms with Crippen molar-refractivity contribution in [3.8, 4) is 0 Å². The van der Waals surface area contributed by atoms with Crippen molar-refractivity contribution < 1.29 is 14.7 Å². The Labute approximate surface area is 139 Å². The van der Waals surface area contributed by atoms with Crippen molar-refractivity contribution in [2.75, 3.05) is 18.4 Å². The summed E-state index contributed by atoms with van der Waals surface area (Å²) in [6.45, 7) is 1.43. The van der Waals surface area contributed by atoms with E-state index in [-0.39, 0.29) is 18.4 Å². The molecular weight excluding hydrogens is 327 g/mol. The lowest BCUT2D eigenvalue weighted by molar-refractivity contribution is -0.137. The highest BCUT2D eigenvalue weighted by atomic mass is 35.5. The van der Waals surface area contributed by atoms with E-state index >= 15 is 0 Å². The number of anilines is 1. The number of carbonyl (C=O) groups is 2. The number of carboxylic acids is 1. The lowest BCUT2D eigenvalue weighted by atomic mass is 10.2. The van der Waals surface area contributed by atoms with Crippen LogP contribution in [-0.4, -0.2) is 41.0 Å². The maximum atomic E-state index is 12.4. The average Bonchev–Trinajstić information content (AvgIpc) is 2.85. The number of nitrogens with one attached hydrogen (secondary N) is 1. The molecule has 22 heavy (non-hydrogen) atoms. The van der Waals surface area contributed by atoms with Crippen LogP contribution in [0.3, 0.4) is 0 Å². The Morgan fingerprint density at radius 3 is 2.59 bits per heavy atom. The van der Waals surface area contributed by atoms with Gasteiger partial charge in [0.25, 0.3) is 0 Å². The Bertz CT molecular complexity index is 545. The smallest absolute Gasteiger partial charge is 0.303 e. The van der Waals surface area contributed by atoms with Gasteiger partial charge < -0.3 is 10.4 Å². The molecule has 0 radical (unpaired) electrons. The van der Waals surface area contributed by atoms with Gasteiger partial charge in [0, 0.05) is 22.2 Å². The first-order valence-electron chi connectivity index (χ1n) is 7.18. The number of carbonyl (C=O) groups excluding carboxylic acids is 1. The van der Waals surface area contributed by atoms with Gasteiger partial charge in [-0.1, -0.05) is 23.2 Å². The highest BCUT2D eigenvalue weighted by Crippen LogP contribution is 2.24.